The van der Waals surface area contributed by atoms with E-state index < -0.39 is 0 Å². The summed E-state index contributed by atoms with van der Waals surface area (Å²) in [6, 6.07) is 0. The van der Waals surface area contributed by atoms with Crippen molar-refractivity contribution in [3.8, 4) is 0 Å². The van der Waals surface area contributed by atoms with Crippen molar-refractivity contribution in [2.45, 2.75) is 20.4 Å². The van der Waals surface area contributed by atoms with Gasteiger partial charge in [0.2, 0.25) is 0 Å². The Bertz CT molecular complexity index is 319. The van der Waals surface area contributed by atoms with Crippen LogP contribution in [0.5, 0.6) is 0 Å². The third-order valence-corrected chi connectivity index (χ3v) is 2.18. The number of aryl methyl sites for hydroxylation is 2. The van der Waals surface area contributed by atoms with Crippen LogP contribution in [0.1, 0.15) is 18.2 Å². The average Bonchev–Trinajstić information content (AvgIpc) is 2.42. The summed E-state index contributed by atoms with van der Waals surface area (Å²) in [5.74, 6) is 0. The molecule has 0 saturated carbocycles. The summed E-state index contributed by atoms with van der Waals surface area (Å²) >= 11 is 5.05. The molecule has 1 heterocycles. The molecule has 1 aromatic heterocycles. The van der Waals surface area contributed by atoms with Crippen LogP contribution in [0.15, 0.2) is 6.20 Å². The van der Waals surface area contributed by atoms with Crippen molar-refractivity contribution in [3.63, 3.8) is 0 Å². The molecule has 0 aliphatic carbocycles. The fourth-order valence-corrected chi connectivity index (χ4v) is 1.44. The summed E-state index contributed by atoms with van der Waals surface area (Å²) < 4.78 is 1.81. The number of thiocarbonyl (C=S) groups is 1. The Hall–Kier alpha value is -1.10. The predicted molar refractivity (Wildman–Crippen MR) is 61.1 cm³/mol. The minimum atomic E-state index is 0.691. The first-order chi connectivity index (χ1) is 6.63. The van der Waals surface area contributed by atoms with Gasteiger partial charge in [-0.15, -0.1) is 0 Å². The smallest absolute Gasteiger partial charge is 0.166 e. The van der Waals surface area contributed by atoms with Crippen LogP contribution in [0.3, 0.4) is 0 Å². The monoisotopic (exact) mass is 212 g/mol. The molecule has 5 heteroatoms. The van der Waals surface area contributed by atoms with E-state index in [0.29, 0.717) is 5.11 Å². The number of nitrogens with zero attached hydrogens (tertiary/aromatic N) is 2. The summed E-state index contributed by atoms with van der Waals surface area (Å²) in [6.07, 6.45) is 2.00. The maximum Gasteiger partial charge on any atom is 0.166 e. The van der Waals surface area contributed by atoms with Gasteiger partial charge in [0.25, 0.3) is 0 Å². The van der Waals surface area contributed by atoms with Gasteiger partial charge in [0.05, 0.1) is 5.69 Å². The highest BCUT2D eigenvalue weighted by Gasteiger charge is 2.02. The molecule has 14 heavy (non-hydrogen) atoms. The van der Waals surface area contributed by atoms with Gasteiger partial charge in [0.1, 0.15) is 0 Å². The first kappa shape index (κ1) is 11.0. The van der Waals surface area contributed by atoms with Crippen molar-refractivity contribution in [2.75, 3.05) is 6.54 Å². The fraction of sp³-hybridized carbons (Fsp3) is 0.556. The zero-order chi connectivity index (χ0) is 10.6. The topological polar surface area (TPSA) is 41.9 Å². The Morgan fingerprint density at radius 2 is 2.29 bits per heavy atom. The standard InChI is InChI=1S/C9H16N4S/c1-4-10-9(14)11-5-8-6-13(3)12-7(8)2/h6H,4-5H2,1-3H3,(H2,10,11,14). The third-order valence-electron chi connectivity index (χ3n) is 1.89. The highest BCUT2D eigenvalue weighted by Crippen LogP contribution is 2.03. The van der Waals surface area contributed by atoms with Crippen molar-refractivity contribution in [3.05, 3.63) is 17.5 Å². The Morgan fingerprint density at radius 1 is 1.57 bits per heavy atom. The van der Waals surface area contributed by atoms with E-state index in [9.17, 15) is 0 Å². The molecule has 0 saturated heterocycles. The Labute approximate surface area is 89.7 Å². The average molecular weight is 212 g/mol. The lowest BCUT2D eigenvalue weighted by Crippen LogP contribution is -2.34. The molecular formula is C9H16N4S. The molecule has 0 fully saturated rings. The van der Waals surface area contributed by atoms with Crippen molar-refractivity contribution < 1.29 is 0 Å². The number of rotatable bonds is 3. The van der Waals surface area contributed by atoms with Crippen LogP contribution >= 0.6 is 12.2 Å². The Morgan fingerprint density at radius 3 is 2.79 bits per heavy atom. The van der Waals surface area contributed by atoms with Crippen molar-refractivity contribution in [2.24, 2.45) is 7.05 Å². The largest absolute Gasteiger partial charge is 0.363 e. The SMILES string of the molecule is CCNC(=S)NCc1cn(C)nc1C. The van der Waals surface area contributed by atoms with Gasteiger partial charge in [-0.3, -0.25) is 4.68 Å². The minimum Gasteiger partial charge on any atom is -0.363 e. The fourth-order valence-electron chi connectivity index (χ4n) is 1.22. The van der Waals surface area contributed by atoms with E-state index in [4.69, 9.17) is 12.2 Å². The summed E-state index contributed by atoms with van der Waals surface area (Å²) in [5.41, 5.74) is 2.21. The Kier molecular flexibility index (Phi) is 3.88. The van der Waals surface area contributed by atoms with Gasteiger partial charge in [-0.25, -0.2) is 0 Å². The second-order valence-corrected chi connectivity index (χ2v) is 3.53. The molecule has 0 aliphatic heterocycles. The molecule has 0 spiro atoms. The molecule has 1 rings (SSSR count). The van der Waals surface area contributed by atoms with Crippen LogP contribution in [0, 0.1) is 6.92 Å². The minimum absolute atomic E-state index is 0.691. The van der Waals surface area contributed by atoms with E-state index >= 15 is 0 Å². The van der Waals surface area contributed by atoms with Crippen LogP contribution in [0.2, 0.25) is 0 Å². The maximum atomic E-state index is 5.05. The molecule has 0 aromatic carbocycles. The molecule has 0 amide bonds. The molecule has 0 bridgehead atoms. The predicted octanol–water partition coefficient (Wildman–Crippen LogP) is 0.713. The van der Waals surface area contributed by atoms with Gasteiger partial charge in [-0.2, -0.15) is 5.10 Å². The number of aromatic nitrogens is 2. The van der Waals surface area contributed by atoms with E-state index in [1.165, 1.54) is 5.56 Å². The van der Waals surface area contributed by atoms with Gasteiger partial charge in [-0.1, -0.05) is 0 Å². The van der Waals surface area contributed by atoms with Crippen LogP contribution < -0.4 is 10.6 Å². The van der Waals surface area contributed by atoms with E-state index in [1.807, 2.05) is 31.8 Å². The van der Waals surface area contributed by atoms with Crippen LogP contribution in [0.25, 0.3) is 0 Å². The van der Waals surface area contributed by atoms with E-state index in [-0.39, 0.29) is 0 Å². The maximum absolute atomic E-state index is 5.05. The zero-order valence-corrected chi connectivity index (χ0v) is 9.61. The quantitative estimate of drug-likeness (QED) is 0.724. The number of hydrogen-bond donors (Lipinski definition) is 2. The zero-order valence-electron chi connectivity index (χ0n) is 8.79. The summed E-state index contributed by atoms with van der Waals surface area (Å²) in [6.45, 7) is 5.58. The Balaban J connectivity index is 2.45. The van der Waals surface area contributed by atoms with Crippen molar-refractivity contribution in [1.82, 2.24) is 20.4 Å². The molecule has 0 unspecified atom stereocenters. The van der Waals surface area contributed by atoms with Gasteiger partial charge in [0, 0.05) is 31.9 Å². The number of nitrogens with one attached hydrogen (secondary N) is 2. The number of hydrogen-bond acceptors (Lipinski definition) is 2. The van der Waals surface area contributed by atoms with E-state index in [2.05, 4.69) is 15.7 Å². The van der Waals surface area contributed by atoms with Gasteiger partial charge < -0.3 is 10.6 Å². The first-order valence-corrected chi connectivity index (χ1v) is 5.05. The molecule has 1 aromatic rings. The highest BCUT2D eigenvalue weighted by atomic mass is 32.1. The van der Waals surface area contributed by atoms with Crippen molar-refractivity contribution in [1.29, 1.82) is 0 Å². The van der Waals surface area contributed by atoms with E-state index in [0.717, 1.165) is 18.8 Å². The lowest BCUT2D eigenvalue weighted by molar-refractivity contribution is 0.756. The molecule has 2 N–H and O–H groups in total. The van der Waals surface area contributed by atoms with Crippen LogP contribution in [0.4, 0.5) is 0 Å². The second kappa shape index (κ2) is 4.95. The van der Waals surface area contributed by atoms with E-state index in [1.54, 1.807) is 0 Å². The normalized spacial score (nSPS) is 9.93. The van der Waals surface area contributed by atoms with Gasteiger partial charge in [-0.05, 0) is 26.1 Å². The second-order valence-electron chi connectivity index (χ2n) is 3.13. The van der Waals surface area contributed by atoms with Crippen molar-refractivity contribution >= 4 is 17.3 Å². The molecule has 0 atom stereocenters. The van der Waals surface area contributed by atoms with Crippen LogP contribution in [-0.2, 0) is 13.6 Å². The molecule has 0 aliphatic rings. The van der Waals surface area contributed by atoms with Crippen LogP contribution in [-0.4, -0.2) is 21.4 Å². The summed E-state index contributed by atoms with van der Waals surface area (Å²) in [4.78, 5) is 0. The summed E-state index contributed by atoms with van der Waals surface area (Å²) in [5, 5.41) is 11.1. The molecular weight excluding hydrogens is 196 g/mol. The highest BCUT2D eigenvalue weighted by molar-refractivity contribution is 7.80. The lowest BCUT2D eigenvalue weighted by atomic mass is 10.3. The van der Waals surface area contributed by atoms with Gasteiger partial charge >= 0.3 is 0 Å². The molecule has 4 nitrogen and oxygen atoms in total. The third kappa shape index (κ3) is 2.99. The first-order valence-electron chi connectivity index (χ1n) is 4.64. The van der Waals surface area contributed by atoms with Gasteiger partial charge in [0.15, 0.2) is 5.11 Å². The molecule has 0 radical (unpaired) electrons. The summed E-state index contributed by atoms with van der Waals surface area (Å²) in [7, 11) is 1.92. The molecule has 78 valence electrons. The lowest BCUT2D eigenvalue weighted by Gasteiger charge is -2.07.